The van der Waals surface area contributed by atoms with Gasteiger partial charge in [0.25, 0.3) is 23.6 Å². The molecule has 0 unspecified atom stereocenters. The Bertz CT molecular complexity index is 2690. The van der Waals surface area contributed by atoms with Crippen molar-refractivity contribution in [3.05, 3.63) is 118 Å². The molecule has 2 aliphatic rings. The van der Waals surface area contributed by atoms with Gasteiger partial charge in [0.1, 0.15) is 0 Å². The Morgan fingerprint density at radius 2 is 0.837 bits per heavy atom. The molecule has 4 amide bonds. The highest BCUT2D eigenvalue weighted by atomic mass is 19.4. The molecular weight excluding hydrogens is 629 g/mol. The second-order valence-electron chi connectivity index (χ2n) is 12.8. The summed E-state index contributed by atoms with van der Waals surface area (Å²) in [5.41, 5.74) is 3.97. The first kappa shape index (κ1) is 29.1. The van der Waals surface area contributed by atoms with Gasteiger partial charge in [-0.05, 0) is 97.9 Å². The van der Waals surface area contributed by atoms with E-state index in [1.807, 2.05) is 43.3 Å². The number of rotatable bonds is 2. The summed E-state index contributed by atoms with van der Waals surface area (Å²) in [6.07, 6.45) is -4.55. The standard InChI is InChI=1S/C40H23F3N2O4/c1-18-4-6-19(7-5-18)26-16-28-32-24(36(46)44(2)38(28)48)15-13-23-31-27(20-8-10-21(11-9-20)40(41,42)43)17-29-33-25(37(47)45(3)39(29)49)14-12-22(35(31)33)30(26)34(23)32/h4-17H,1-3H3. The van der Waals surface area contributed by atoms with E-state index in [1.54, 1.807) is 24.3 Å². The van der Waals surface area contributed by atoms with Crippen molar-refractivity contribution in [1.29, 1.82) is 0 Å². The summed E-state index contributed by atoms with van der Waals surface area (Å²) in [5, 5.41) is 4.85. The van der Waals surface area contributed by atoms with Gasteiger partial charge in [-0.25, -0.2) is 0 Å². The maximum Gasteiger partial charge on any atom is 0.416 e. The van der Waals surface area contributed by atoms with Crippen LogP contribution in [0.25, 0.3) is 65.3 Å². The Labute approximate surface area is 276 Å². The van der Waals surface area contributed by atoms with Crippen LogP contribution in [-0.2, 0) is 6.18 Å². The number of hydrogen-bond donors (Lipinski definition) is 0. The molecule has 0 radical (unpaired) electrons. The zero-order chi connectivity index (χ0) is 34.3. The Morgan fingerprint density at radius 1 is 0.449 bits per heavy atom. The Kier molecular flexibility index (Phi) is 5.64. The first-order valence-electron chi connectivity index (χ1n) is 15.5. The number of benzene rings is 7. The van der Waals surface area contributed by atoms with Crippen molar-refractivity contribution in [3.63, 3.8) is 0 Å². The molecule has 2 aliphatic heterocycles. The molecule has 7 aromatic rings. The van der Waals surface area contributed by atoms with Gasteiger partial charge in [0, 0.05) is 47.1 Å². The lowest BCUT2D eigenvalue weighted by Crippen LogP contribution is -2.37. The van der Waals surface area contributed by atoms with Crippen molar-refractivity contribution >= 4 is 66.7 Å². The molecule has 0 fully saturated rings. The van der Waals surface area contributed by atoms with Crippen molar-refractivity contribution in [2.45, 2.75) is 13.1 Å². The molecule has 0 aromatic heterocycles. The van der Waals surface area contributed by atoms with E-state index in [9.17, 15) is 32.3 Å². The maximum absolute atomic E-state index is 13.8. The molecule has 9 heteroatoms. The Morgan fingerprint density at radius 3 is 1.24 bits per heavy atom. The van der Waals surface area contributed by atoms with Gasteiger partial charge in [0.2, 0.25) is 0 Å². The third-order valence-corrected chi connectivity index (χ3v) is 10.1. The van der Waals surface area contributed by atoms with Crippen LogP contribution in [0.4, 0.5) is 13.2 Å². The van der Waals surface area contributed by atoms with Gasteiger partial charge in [-0.2, -0.15) is 13.2 Å². The van der Waals surface area contributed by atoms with E-state index >= 15 is 0 Å². The second kappa shape index (κ2) is 9.50. The molecule has 0 atom stereocenters. The fourth-order valence-electron chi connectivity index (χ4n) is 7.74. The number of alkyl halides is 3. The third kappa shape index (κ3) is 3.72. The van der Waals surface area contributed by atoms with Crippen LogP contribution >= 0.6 is 0 Å². The van der Waals surface area contributed by atoms with Gasteiger partial charge in [0.05, 0.1) is 5.56 Å². The van der Waals surface area contributed by atoms with Crippen molar-refractivity contribution in [1.82, 2.24) is 9.80 Å². The predicted octanol–water partition coefficient (Wildman–Crippen LogP) is 8.85. The molecule has 238 valence electrons. The van der Waals surface area contributed by atoms with E-state index in [2.05, 4.69) is 0 Å². The number of amides is 4. The highest BCUT2D eigenvalue weighted by Gasteiger charge is 2.37. The zero-order valence-corrected chi connectivity index (χ0v) is 26.2. The summed E-state index contributed by atoms with van der Waals surface area (Å²) in [6, 6.07) is 23.0. The average Bonchev–Trinajstić information content (AvgIpc) is 3.10. The van der Waals surface area contributed by atoms with E-state index in [0.717, 1.165) is 44.0 Å². The normalized spacial score (nSPS) is 14.8. The summed E-state index contributed by atoms with van der Waals surface area (Å²) < 4.78 is 40.9. The van der Waals surface area contributed by atoms with E-state index in [4.69, 9.17) is 0 Å². The summed E-state index contributed by atoms with van der Waals surface area (Å²) in [4.78, 5) is 56.8. The monoisotopic (exact) mass is 652 g/mol. The SMILES string of the molecule is Cc1ccc(-c2cc3c4c(ccc5c6c(-c7ccc(C(F)(F)F)cc7)cc7c8c(ccc(c2c45)c86)C(=O)N(C)C7=O)C(=O)N(C)C3=O)cc1. The van der Waals surface area contributed by atoms with Crippen molar-refractivity contribution in [2.75, 3.05) is 14.1 Å². The second-order valence-corrected chi connectivity index (χ2v) is 12.8. The number of imide groups is 2. The van der Waals surface area contributed by atoms with Gasteiger partial charge in [-0.1, -0.05) is 54.1 Å². The molecule has 0 saturated heterocycles. The maximum atomic E-state index is 13.8. The molecule has 0 saturated carbocycles. The van der Waals surface area contributed by atoms with Crippen LogP contribution in [0, 0.1) is 6.92 Å². The van der Waals surface area contributed by atoms with Crippen molar-refractivity contribution < 1.29 is 32.3 Å². The molecule has 7 aromatic carbocycles. The molecule has 9 rings (SSSR count). The number of nitrogens with zero attached hydrogens (tertiary/aromatic N) is 2. The van der Waals surface area contributed by atoms with Crippen LogP contribution in [0.3, 0.4) is 0 Å². The van der Waals surface area contributed by atoms with Gasteiger partial charge in [-0.3, -0.25) is 29.0 Å². The largest absolute Gasteiger partial charge is 0.416 e. The smallest absolute Gasteiger partial charge is 0.277 e. The number of fused-ring (bicyclic) bond motifs is 2. The molecule has 49 heavy (non-hydrogen) atoms. The quantitative estimate of drug-likeness (QED) is 0.106. The van der Waals surface area contributed by atoms with Gasteiger partial charge in [-0.15, -0.1) is 0 Å². The van der Waals surface area contributed by atoms with Crippen LogP contribution in [0.2, 0.25) is 0 Å². The minimum atomic E-state index is -4.55. The Hall–Kier alpha value is -6.09. The summed E-state index contributed by atoms with van der Waals surface area (Å²) in [5.74, 6) is -1.89. The first-order chi connectivity index (χ1) is 23.4. The van der Waals surface area contributed by atoms with Crippen LogP contribution in [-0.4, -0.2) is 47.5 Å². The number of aryl methyl sites for hydroxylation is 1. The molecule has 0 bridgehead atoms. The van der Waals surface area contributed by atoms with E-state index in [1.165, 1.54) is 26.2 Å². The number of halogens is 3. The lowest BCUT2D eigenvalue weighted by atomic mass is 9.78. The summed E-state index contributed by atoms with van der Waals surface area (Å²) >= 11 is 0. The molecule has 6 nitrogen and oxygen atoms in total. The fourth-order valence-corrected chi connectivity index (χ4v) is 7.74. The van der Waals surface area contributed by atoms with Gasteiger partial charge >= 0.3 is 6.18 Å². The van der Waals surface area contributed by atoms with Crippen LogP contribution in [0.5, 0.6) is 0 Å². The topological polar surface area (TPSA) is 74.8 Å². The predicted molar refractivity (Wildman–Crippen MR) is 181 cm³/mol. The summed E-state index contributed by atoms with van der Waals surface area (Å²) in [6.45, 7) is 1.97. The average molecular weight is 653 g/mol. The molecule has 2 heterocycles. The summed E-state index contributed by atoms with van der Waals surface area (Å²) in [7, 11) is 2.85. The van der Waals surface area contributed by atoms with Gasteiger partial charge < -0.3 is 0 Å². The van der Waals surface area contributed by atoms with Crippen LogP contribution in [0.15, 0.2) is 84.9 Å². The number of carbonyl (C=O) groups is 4. The fraction of sp³-hybridized carbons (Fsp3) is 0.100. The zero-order valence-electron chi connectivity index (χ0n) is 26.2. The molecule has 0 N–H and O–H groups in total. The highest BCUT2D eigenvalue weighted by Crippen LogP contribution is 2.51. The minimum absolute atomic E-state index is 0.255. The number of hydrogen-bond acceptors (Lipinski definition) is 4. The van der Waals surface area contributed by atoms with Crippen molar-refractivity contribution in [3.8, 4) is 22.3 Å². The Balaban J connectivity index is 1.56. The minimum Gasteiger partial charge on any atom is -0.277 e. The molecular formula is C40H23F3N2O4. The third-order valence-electron chi connectivity index (χ3n) is 10.1. The van der Waals surface area contributed by atoms with Crippen LogP contribution < -0.4 is 0 Å². The molecule has 0 spiro atoms. The van der Waals surface area contributed by atoms with Crippen molar-refractivity contribution in [2.24, 2.45) is 0 Å². The number of carbonyl (C=O) groups excluding carboxylic acids is 4. The van der Waals surface area contributed by atoms with Crippen LogP contribution in [0.1, 0.15) is 52.6 Å². The van der Waals surface area contributed by atoms with Gasteiger partial charge in [0.15, 0.2) is 0 Å². The van der Waals surface area contributed by atoms with E-state index < -0.39 is 35.4 Å². The lowest BCUT2D eigenvalue weighted by molar-refractivity contribution is -0.137. The molecule has 0 aliphatic carbocycles. The highest BCUT2D eigenvalue weighted by molar-refractivity contribution is 6.44. The first-order valence-corrected chi connectivity index (χ1v) is 15.5. The van der Waals surface area contributed by atoms with E-state index in [0.29, 0.717) is 65.5 Å². The van der Waals surface area contributed by atoms with E-state index in [-0.39, 0.29) is 5.56 Å². The lowest BCUT2D eigenvalue weighted by Gasteiger charge is -2.30.